The summed E-state index contributed by atoms with van der Waals surface area (Å²) < 4.78 is 37.8. The van der Waals surface area contributed by atoms with Gasteiger partial charge in [-0.2, -0.15) is 13.2 Å². The molecule has 0 aliphatic heterocycles. The molecule has 0 saturated carbocycles. The summed E-state index contributed by atoms with van der Waals surface area (Å²) in [6.07, 6.45) is -4.34. The van der Waals surface area contributed by atoms with Crippen LogP contribution in [0, 0.1) is 0 Å². The van der Waals surface area contributed by atoms with Crippen molar-refractivity contribution in [2.75, 3.05) is 0 Å². The zero-order valence-corrected chi connectivity index (χ0v) is 8.98. The zero-order valence-electron chi connectivity index (χ0n) is 8.98. The van der Waals surface area contributed by atoms with Crippen LogP contribution in [0.5, 0.6) is 0 Å². The Kier molecular flexibility index (Phi) is 3.10. The summed E-state index contributed by atoms with van der Waals surface area (Å²) in [4.78, 5) is 17.8. The molecule has 0 fully saturated rings. The number of rotatable bonds is 2. The lowest BCUT2D eigenvalue weighted by Crippen LogP contribution is -2.11. The van der Waals surface area contributed by atoms with Gasteiger partial charge in [0.1, 0.15) is 11.4 Å². The molecule has 2 rings (SSSR count). The summed E-state index contributed by atoms with van der Waals surface area (Å²) in [6.45, 7) is 0. The van der Waals surface area contributed by atoms with E-state index in [1.165, 1.54) is 0 Å². The highest BCUT2D eigenvalue weighted by atomic mass is 19.4. The summed E-state index contributed by atoms with van der Waals surface area (Å²) >= 11 is 0. The van der Waals surface area contributed by atoms with Gasteiger partial charge in [-0.25, -0.2) is 9.97 Å². The van der Waals surface area contributed by atoms with Crippen molar-refractivity contribution in [3.8, 4) is 11.4 Å². The van der Waals surface area contributed by atoms with Crippen LogP contribution in [0.2, 0.25) is 0 Å². The van der Waals surface area contributed by atoms with Crippen molar-refractivity contribution in [3.05, 3.63) is 47.8 Å². The number of aldehydes is 1. The molecule has 3 nitrogen and oxygen atoms in total. The molecule has 0 atom stereocenters. The Morgan fingerprint density at radius 1 is 1.06 bits per heavy atom. The largest absolute Gasteiger partial charge is 0.433 e. The zero-order chi connectivity index (χ0) is 13.2. The maximum absolute atomic E-state index is 12.6. The molecule has 1 heterocycles. The maximum atomic E-state index is 12.6. The Morgan fingerprint density at radius 3 is 2.28 bits per heavy atom. The number of halogens is 3. The number of carbonyl (C=O) groups excluding carboxylic acids is 1. The fourth-order valence-corrected chi connectivity index (χ4v) is 1.39. The van der Waals surface area contributed by atoms with E-state index in [0.717, 1.165) is 0 Å². The third-order valence-electron chi connectivity index (χ3n) is 2.19. The molecule has 0 radical (unpaired) electrons. The van der Waals surface area contributed by atoms with Crippen LogP contribution in [0.4, 0.5) is 13.2 Å². The number of benzene rings is 1. The van der Waals surface area contributed by atoms with Crippen molar-refractivity contribution in [1.29, 1.82) is 0 Å². The second kappa shape index (κ2) is 4.56. The molecule has 0 bridgehead atoms. The standard InChI is InChI=1S/C12H7F3N2O/c13-12(14,15)10-6-9(7-18)16-11(17-10)8-4-2-1-3-5-8/h1-7H. The van der Waals surface area contributed by atoms with Crippen LogP contribution >= 0.6 is 0 Å². The van der Waals surface area contributed by atoms with Crippen molar-refractivity contribution < 1.29 is 18.0 Å². The lowest BCUT2D eigenvalue weighted by molar-refractivity contribution is -0.141. The van der Waals surface area contributed by atoms with Crippen molar-refractivity contribution in [2.24, 2.45) is 0 Å². The van der Waals surface area contributed by atoms with Gasteiger partial charge in [0.05, 0.1) is 0 Å². The Bertz CT molecular complexity index is 567. The van der Waals surface area contributed by atoms with E-state index in [2.05, 4.69) is 9.97 Å². The second-order valence-electron chi connectivity index (χ2n) is 3.48. The summed E-state index contributed by atoms with van der Waals surface area (Å²) in [5, 5.41) is 0. The Hall–Kier alpha value is -2.24. The third-order valence-corrected chi connectivity index (χ3v) is 2.19. The topological polar surface area (TPSA) is 42.9 Å². The number of hydrogen-bond donors (Lipinski definition) is 0. The molecule has 6 heteroatoms. The average Bonchev–Trinajstić information content (AvgIpc) is 2.38. The molecular weight excluding hydrogens is 245 g/mol. The molecule has 0 amide bonds. The van der Waals surface area contributed by atoms with Crippen LogP contribution in [0.15, 0.2) is 36.4 Å². The Balaban J connectivity index is 2.58. The third kappa shape index (κ3) is 2.53. The molecule has 0 aliphatic rings. The monoisotopic (exact) mass is 252 g/mol. The van der Waals surface area contributed by atoms with Crippen LogP contribution in [-0.4, -0.2) is 16.3 Å². The van der Waals surface area contributed by atoms with E-state index in [9.17, 15) is 18.0 Å². The first-order valence-corrected chi connectivity index (χ1v) is 4.97. The summed E-state index contributed by atoms with van der Waals surface area (Å²) in [7, 11) is 0. The quantitative estimate of drug-likeness (QED) is 0.771. The highest BCUT2D eigenvalue weighted by Crippen LogP contribution is 2.29. The molecule has 0 unspecified atom stereocenters. The van der Waals surface area contributed by atoms with Gasteiger partial charge in [-0.15, -0.1) is 0 Å². The number of carbonyl (C=O) groups is 1. The first-order chi connectivity index (χ1) is 8.50. The summed E-state index contributed by atoms with van der Waals surface area (Å²) in [5.74, 6) is -0.118. The van der Waals surface area contributed by atoms with E-state index < -0.39 is 11.9 Å². The van der Waals surface area contributed by atoms with Crippen LogP contribution in [0.3, 0.4) is 0 Å². The molecule has 0 spiro atoms. The Morgan fingerprint density at radius 2 is 1.72 bits per heavy atom. The van der Waals surface area contributed by atoms with E-state index in [1.54, 1.807) is 30.3 Å². The molecule has 1 aromatic heterocycles. The van der Waals surface area contributed by atoms with Crippen molar-refractivity contribution in [1.82, 2.24) is 9.97 Å². The average molecular weight is 252 g/mol. The predicted octanol–water partition coefficient (Wildman–Crippen LogP) is 2.97. The van der Waals surface area contributed by atoms with Crippen molar-refractivity contribution >= 4 is 6.29 Å². The molecular formula is C12H7F3N2O. The van der Waals surface area contributed by atoms with Crippen LogP contribution in [0.25, 0.3) is 11.4 Å². The fraction of sp³-hybridized carbons (Fsp3) is 0.0833. The SMILES string of the molecule is O=Cc1cc(C(F)(F)F)nc(-c2ccccc2)n1. The fourth-order valence-electron chi connectivity index (χ4n) is 1.39. The van der Waals surface area contributed by atoms with Gasteiger partial charge >= 0.3 is 6.18 Å². The van der Waals surface area contributed by atoms with E-state index in [-0.39, 0.29) is 17.8 Å². The van der Waals surface area contributed by atoms with Crippen LogP contribution < -0.4 is 0 Å². The molecule has 92 valence electrons. The molecule has 0 aliphatic carbocycles. The van der Waals surface area contributed by atoms with Crippen molar-refractivity contribution in [3.63, 3.8) is 0 Å². The van der Waals surface area contributed by atoms with E-state index in [4.69, 9.17) is 0 Å². The van der Waals surface area contributed by atoms with Gasteiger partial charge < -0.3 is 0 Å². The lowest BCUT2D eigenvalue weighted by Gasteiger charge is -2.08. The highest BCUT2D eigenvalue weighted by molar-refractivity contribution is 5.73. The van der Waals surface area contributed by atoms with Crippen LogP contribution in [0.1, 0.15) is 16.2 Å². The normalized spacial score (nSPS) is 11.3. The maximum Gasteiger partial charge on any atom is 0.433 e. The highest BCUT2D eigenvalue weighted by Gasteiger charge is 2.33. The smallest absolute Gasteiger partial charge is 0.296 e. The minimum absolute atomic E-state index is 0.118. The molecule has 1 aromatic carbocycles. The minimum atomic E-state index is -4.61. The minimum Gasteiger partial charge on any atom is -0.296 e. The van der Waals surface area contributed by atoms with Crippen molar-refractivity contribution in [2.45, 2.75) is 6.18 Å². The molecule has 18 heavy (non-hydrogen) atoms. The number of nitrogens with zero attached hydrogens (tertiary/aromatic N) is 2. The van der Waals surface area contributed by atoms with Crippen LogP contribution in [-0.2, 0) is 6.18 Å². The lowest BCUT2D eigenvalue weighted by atomic mass is 10.2. The molecule has 2 aromatic rings. The van der Waals surface area contributed by atoms with Gasteiger partial charge in [0.2, 0.25) is 0 Å². The number of hydrogen-bond acceptors (Lipinski definition) is 3. The second-order valence-corrected chi connectivity index (χ2v) is 3.48. The van der Waals surface area contributed by atoms with E-state index in [1.807, 2.05) is 0 Å². The first-order valence-electron chi connectivity index (χ1n) is 4.97. The number of alkyl halides is 3. The molecule has 0 saturated heterocycles. The Labute approximate surface area is 100 Å². The number of aromatic nitrogens is 2. The van der Waals surface area contributed by atoms with E-state index >= 15 is 0 Å². The van der Waals surface area contributed by atoms with Gasteiger partial charge in [-0.05, 0) is 6.07 Å². The van der Waals surface area contributed by atoms with Gasteiger partial charge in [0.15, 0.2) is 12.1 Å². The van der Waals surface area contributed by atoms with Gasteiger partial charge in [-0.3, -0.25) is 4.79 Å². The predicted molar refractivity (Wildman–Crippen MR) is 57.9 cm³/mol. The van der Waals surface area contributed by atoms with E-state index in [0.29, 0.717) is 11.6 Å². The first kappa shape index (κ1) is 12.2. The van der Waals surface area contributed by atoms with Gasteiger partial charge in [-0.1, -0.05) is 30.3 Å². The molecule has 0 N–H and O–H groups in total. The van der Waals surface area contributed by atoms with Gasteiger partial charge in [0.25, 0.3) is 0 Å². The summed E-state index contributed by atoms with van der Waals surface area (Å²) in [6, 6.07) is 8.80. The van der Waals surface area contributed by atoms with Gasteiger partial charge in [0, 0.05) is 5.56 Å². The summed E-state index contributed by atoms with van der Waals surface area (Å²) in [5.41, 5.74) is -0.999.